The molecule has 11 heteroatoms. The van der Waals surface area contributed by atoms with Gasteiger partial charge in [-0.1, -0.05) is 18.2 Å². The van der Waals surface area contributed by atoms with Crippen LogP contribution in [0.25, 0.3) is 0 Å². The number of halogens is 6. The zero-order valence-corrected chi connectivity index (χ0v) is 16.0. The minimum atomic E-state index is -5.88. The van der Waals surface area contributed by atoms with Crippen LogP contribution in [-0.4, -0.2) is 37.4 Å². The van der Waals surface area contributed by atoms with Crippen molar-refractivity contribution in [1.29, 1.82) is 0 Å². The van der Waals surface area contributed by atoms with E-state index in [2.05, 4.69) is 9.47 Å². The molecule has 31 heavy (non-hydrogen) atoms. The molecule has 0 fully saturated rings. The highest BCUT2D eigenvalue weighted by molar-refractivity contribution is 6.14. The summed E-state index contributed by atoms with van der Waals surface area (Å²) in [5.41, 5.74) is -7.15. The number of hydrogen-bond acceptors (Lipinski definition) is 5. The Hall–Kier alpha value is -3.11. The van der Waals surface area contributed by atoms with Crippen LogP contribution in [-0.2, 0) is 19.7 Å². The lowest BCUT2D eigenvalue weighted by atomic mass is 9.65. The maximum Gasteiger partial charge on any atom is 0.407 e. The monoisotopic (exact) mass is 448 g/mol. The van der Waals surface area contributed by atoms with Crippen LogP contribution in [0.2, 0.25) is 0 Å². The third-order valence-corrected chi connectivity index (χ3v) is 5.43. The SMILES string of the molecule is COC(=O)C1=CC(C(c2ccc3c(c2)C(=O)OC3=O)(C(F)(F)F)C(F)(F)F)CC=C1C. The minimum absolute atomic E-state index is 0.171. The summed E-state index contributed by atoms with van der Waals surface area (Å²) in [6.45, 7) is 1.36. The molecule has 0 amide bonds. The van der Waals surface area contributed by atoms with E-state index in [0.29, 0.717) is 24.3 Å². The molecule has 2 aliphatic rings. The molecule has 0 saturated heterocycles. The van der Waals surface area contributed by atoms with Gasteiger partial charge < -0.3 is 9.47 Å². The molecule has 1 unspecified atom stereocenters. The van der Waals surface area contributed by atoms with Gasteiger partial charge in [-0.25, -0.2) is 14.4 Å². The van der Waals surface area contributed by atoms with Crippen molar-refractivity contribution >= 4 is 17.9 Å². The summed E-state index contributed by atoms with van der Waals surface area (Å²) in [6, 6.07) is 1.57. The largest absolute Gasteiger partial charge is 0.465 e. The second-order valence-electron chi connectivity index (χ2n) is 7.04. The number of alkyl halides is 6. The zero-order chi connectivity index (χ0) is 23.4. The second kappa shape index (κ2) is 7.24. The summed E-state index contributed by atoms with van der Waals surface area (Å²) >= 11 is 0. The third-order valence-electron chi connectivity index (χ3n) is 5.43. The lowest BCUT2D eigenvalue weighted by Gasteiger charge is -2.43. The van der Waals surface area contributed by atoms with Gasteiger partial charge in [-0.2, -0.15) is 26.3 Å². The Balaban J connectivity index is 2.32. The molecule has 1 aliphatic carbocycles. The normalized spacial score (nSPS) is 19.4. The van der Waals surface area contributed by atoms with Gasteiger partial charge in [-0.05, 0) is 36.6 Å². The van der Waals surface area contributed by atoms with Gasteiger partial charge in [-0.3, -0.25) is 0 Å². The summed E-state index contributed by atoms with van der Waals surface area (Å²) in [5, 5.41) is 0. The summed E-state index contributed by atoms with van der Waals surface area (Å²) in [6.07, 6.45) is -10.8. The van der Waals surface area contributed by atoms with Crippen molar-refractivity contribution in [1.82, 2.24) is 0 Å². The number of hydrogen-bond donors (Lipinski definition) is 0. The first-order valence-electron chi connectivity index (χ1n) is 8.77. The van der Waals surface area contributed by atoms with Crippen molar-refractivity contribution in [3.05, 3.63) is 58.2 Å². The smallest absolute Gasteiger partial charge is 0.407 e. The molecule has 3 rings (SSSR count). The fraction of sp³-hybridized carbons (Fsp3) is 0.350. The fourth-order valence-electron chi connectivity index (χ4n) is 3.91. The number of methoxy groups -OCH3 is 1. The van der Waals surface area contributed by atoms with Gasteiger partial charge in [0.2, 0.25) is 0 Å². The molecule has 0 N–H and O–H groups in total. The van der Waals surface area contributed by atoms with Crippen LogP contribution in [0.5, 0.6) is 0 Å². The zero-order valence-electron chi connectivity index (χ0n) is 16.0. The first-order valence-corrected chi connectivity index (χ1v) is 8.77. The van der Waals surface area contributed by atoms with Crippen LogP contribution in [0.1, 0.15) is 39.6 Å². The first kappa shape index (κ1) is 22.6. The molecular weight excluding hydrogens is 434 g/mol. The molecule has 1 aromatic carbocycles. The lowest BCUT2D eigenvalue weighted by Crippen LogP contribution is -2.58. The van der Waals surface area contributed by atoms with Crippen molar-refractivity contribution in [3.8, 4) is 0 Å². The van der Waals surface area contributed by atoms with Gasteiger partial charge in [-0.15, -0.1) is 0 Å². The summed E-state index contributed by atoms with van der Waals surface area (Å²) in [4.78, 5) is 35.3. The Morgan fingerprint density at radius 3 is 2.16 bits per heavy atom. The van der Waals surface area contributed by atoms with Crippen molar-refractivity contribution in [3.63, 3.8) is 0 Å². The molecule has 1 aromatic rings. The maximum atomic E-state index is 14.3. The van der Waals surface area contributed by atoms with Crippen LogP contribution < -0.4 is 0 Å². The molecular formula is C20H14F6O5. The lowest BCUT2D eigenvalue weighted by molar-refractivity contribution is -0.314. The molecule has 1 heterocycles. The standard InChI is InChI=1S/C20H14F6O5/c1-9-3-4-10(7-13(9)15(27)30-2)18(19(21,22)23,20(24,25)26)11-5-6-12-14(8-11)17(29)31-16(12)28/h3,5-8,10H,4H2,1-2H3. The van der Waals surface area contributed by atoms with E-state index in [1.54, 1.807) is 0 Å². The molecule has 1 atom stereocenters. The number of fused-ring (bicyclic) bond motifs is 1. The highest BCUT2D eigenvalue weighted by Crippen LogP contribution is 2.59. The molecule has 1 aliphatic heterocycles. The van der Waals surface area contributed by atoms with E-state index in [-0.39, 0.29) is 5.57 Å². The number of carbonyl (C=O) groups excluding carboxylic acids is 3. The summed E-state index contributed by atoms with van der Waals surface area (Å²) in [5.74, 6) is -5.87. The van der Waals surface area contributed by atoms with Crippen molar-refractivity contribution < 1.29 is 50.2 Å². The van der Waals surface area contributed by atoms with Gasteiger partial charge in [0.05, 0.1) is 23.8 Å². The van der Waals surface area contributed by atoms with E-state index in [1.807, 2.05) is 0 Å². The van der Waals surface area contributed by atoms with Crippen LogP contribution >= 0.6 is 0 Å². The van der Waals surface area contributed by atoms with Gasteiger partial charge in [0, 0.05) is 5.92 Å². The van der Waals surface area contributed by atoms with E-state index in [1.165, 1.54) is 6.92 Å². The Bertz CT molecular complexity index is 1020. The molecule has 166 valence electrons. The highest BCUT2D eigenvalue weighted by atomic mass is 19.4. The number of carbonyl (C=O) groups is 3. The van der Waals surface area contributed by atoms with E-state index in [9.17, 15) is 40.7 Å². The van der Waals surface area contributed by atoms with Gasteiger partial charge in [0.1, 0.15) is 0 Å². The van der Waals surface area contributed by atoms with E-state index in [4.69, 9.17) is 0 Å². The summed E-state index contributed by atoms with van der Waals surface area (Å²) < 4.78 is 94.6. The molecule has 0 bridgehead atoms. The molecule has 0 saturated carbocycles. The number of esters is 3. The number of ether oxygens (including phenoxy) is 2. The first-order chi connectivity index (χ1) is 14.3. The van der Waals surface area contributed by atoms with Crippen molar-refractivity contribution in [2.45, 2.75) is 31.1 Å². The number of rotatable bonds is 3. The van der Waals surface area contributed by atoms with Gasteiger partial charge >= 0.3 is 30.3 Å². The predicted octanol–water partition coefficient (Wildman–Crippen LogP) is 4.43. The van der Waals surface area contributed by atoms with Crippen LogP contribution in [0.15, 0.2) is 41.5 Å². The Labute approximate surface area is 171 Å². The van der Waals surface area contributed by atoms with E-state index >= 15 is 0 Å². The molecule has 5 nitrogen and oxygen atoms in total. The average molecular weight is 448 g/mol. The maximum absolute atomic E-state index is 14.3. The van der Waals surface area contributed by atoms with Crippen molar-refractivity contribution in [2.24, 2.45) is 5.92 Å². The number of allylic oxidation sites excluding steroid dienone is 2. The van der Waals surface area contributed by atoms with Crippen LogP contribution in [0.3, 0.4) is 0 Å². The summed E-state index contributed by atoms with van der Waals surface area (Å²) in [7, 11) is 0.948. The van der Waals surface area contributed by atoms with Gasteiger partial charge in [0.15, 0.2) is 5.41 Å². The minimum Gasteiger partial charge on any atom is -0.465 e. The Morgan fingerprint density at radius 2 is 1.61 bits per heavy atom. The fourth-order valence-corrected chi connectivity index (χ4v) is 3.91. The number of cyclic esters (lactones) is 2. The average Bonchev–Trinajstić information content (AvgIpc) is 2.94. The topological polar surface area (TPSA) is 69.7 Å². The number of benzene rings is 1. The van der Waals surface area contributed by atoms with E-state index < -0.39 is 70.3 Å². The predicted molar refractivity (Wildman–Crippen MR) is 91.9 cm³/mol. The Morgan fingerprint density at radius 1 is 1.03 bits per heavy atom. The molecule has 0 spiro atoms. The second-order valence-corrected chi connectivity index (χ2v) is 7.04. The molecule has 0 radical (unpaired) electrons. The Kier molecular flexibility index (Phi) is 5.27. The van der Waals surface area contributed by atoms with Crippen molar-refractivity contribution in [2.75, 3.05) is 7.11 Å². The van der Waals surface area contributed by atoms with Crippen LogP contribution in [0, 0.1) is 5.92 Å². The van der Waals surface area contributed by atoms with E-state index in [0.717, 1.165) is 13.2 Å². The van der Waals surface area contributed by atoms with Crippen LogP contribution in [0.4, 0.5) is 26.3 Å². The van der Waals surface area contributed by atoms with Gasteiger partial charge in [0.25, 0.3) is 0 Å². The molecule has 0 aromatic heterocycles. The highest BCUT2D eigenvalue weighted by Gasteiger charge is 2.74. The quantitative estimate of drug-likeness (QED) is 0.389. The third kappa shape index (κ3) is 3.31.